The van der Waals surface area contributed by atoms with E-state index < -0.39 is 12.4 Å². The van der Waals surface area contributed by atoms with Crippen molar-refractivity contribution in [2.24, 2.45) is 0 Å². The third-order valence-corrected chi connectivity index (χ3v) is 3.92. The van der Waals surface area contributed by atoms with E-state index in [2.05, 4.69) is 4.98 Å². The molecule has 2 N–H and O–H groups in total. The molecular weight excluding hydrogens is 300 g/mol. The summed E-state index contributed by atoms with van der Waals surface area (Å²) in [6.07, 6.45) is 1.48. The van der Waals surface area contributed by atoms with E-state index in [9.17, 15) is 9.90 Å². The quantitative estimate of drug-likeness (QED) is 0.786. The van der Waals surface area contributed by atoms with E-state index in [4.69, 9.17) is 14.3 Å². The number of aromatic carboxylic acids is 1. The number of aliphatic hydroxyl groups excluding tert-OH is 1. The van der Waals surface area contributed by atoms with Gasteiger partial charge in [0.15, 0.2) is 17.8 Å². The summed E-state index contributed by atoms with van der Waals surface area (Å²) in [5.41, 5.74) is 0.838. The van der Waals surface area contributed by atoms with Gasteiger partial charge in [-0.15, -0.1) is 0 Å². The molecule has 1 unspecified atom stereocenters. The summed E-state index contributed by atoms with van der Waals surface area (Å²) in [5.74, 6) is -0.877. The van der Waals surface area contributed by atoms with Crippen molar-refractivity contribution >= 4 is 5.97 Å². The highest BCUT2D eigenvalue weighted by atomic mass is 16.6. The van der Waals surface area contributed by atoms with Crippen molar-refractivity contribution < 1.29 is 24.2 Å². The smallest absolute Gasteiger partial charge is 0.358 e. The zero-order valence-electron chi connectivity index (χ0n) is 12.5. The molecule has 0 amide bonds. The second kappa shape index (κ2) is 6.91. The van der Waals surface area contributed by atoms with Crippen LogP contribution in [0.2, 0.25) is 0 Å². The maximum absolute atomic E-state index is 11.2. The van der Waals surface area contributed by atoms with Gasteiger partial charge in [0, 0.05) is 6.54 Å². The Morgan fingerprint density at radius 2 is 2.22 bits per heavy atom. The second-order valence-corrected chi connectivity index (χ2v) is 5.39. The standard InChI is InChI=1S/C16H18N2O5/c19-15(20)13-14(23-10-17-13)12-7-4-8-18(12)16(21)22-9-11-5-2-1-3-6-11/h1-3,5-6,10,12,16,21H,4,7-9H2,(H,19,20)/t12-,16?/m0/s1. The van der Waals surface area contributed by atoms with Crippen LogP contribution in [-0.4, -0.2) is 39.0 Å². The monoisotopic (exact) mass is 318 g/mol. The van der Waals surface area contributed by atoms with Crippen molar-refractivity contribution in [3.05, 3.63) is 53.7 Å². The summed E-state index contributed by atoms with van der Waals surface area (Å²) in [6, 6.07) is 9.18. The van der Waals surface area contributed by atoms with Gasteiger partial charge in [-0.1, -0.05) is 30.3 Å². The van der Waals surface area contributed by atoms with Gasteiger partial charge >= 0.3 is 5.97 Å². The molecule has 0 spiro atoms. The number of nitrogens with zero attached hydrogens (tertiary/aromatic N) is 2. The van der Waals surface area contributed by atoms with Gasteiger partial charge in [0.2, 0.25) is 6.41 Å². The highest BCUT2D eigenvalue weighted by Crippen LogP contribution is 2.35. The largest absolute Gasteiger partial charge is 0.476 e. The molecule has 0 aliphatic carbocycles. The number of aromatic nitrogens is 1. The minimum absolute atomic E-state index is 0.114. The fourth-order valence-corrected chi connectivity index (χ4v) is 2.83. The van der Waals surface area contributed by atoms with Gasteiger partial charge in [0.05, 0.1) is 12.6 Å². The predicted octanol–water partition coefficient (Wildman–Crippen LogP) is 2.00. The first-order valence-corrected chi connectivity index (χ1v) is 7.43. The number of ether oxygens (including phenoxy) is 1. The number of carboxylic acid groups (broad SMARTS) is 1. The van der Waals surface area contributed by atoms with Crippen LogP contribution in [-0.2, 0) is 11.3 Å². The maximum Gasteiger partial charge on any atom is 0.358 e. The van der Waals surface area contributed by atoms with Gasteiger partial charge in [0.25, 0.3) is 0 Å². The summed E-state index contributed by atoms with van der Waals surface area (Å²) < 4.78 is 10.8. The van der Waals surface area contributed by atoms with Crippen LogP contribution in [0, 0.1) is 0 Å². The van der Waals surface area contributed by atoms with Gasteiger partial charge in [-0.25, -0.2) is 14.7 Å². The number of benzene rings is 1. The Hall–Kier alpha value is -2.22. The average molecular weight is 318 g/mol. The minimum atomic E-state index is -1.14. The number of aliphatic hydroxyl groups is 1. The Morgan fingerprint density at radius 1 is 1.43 bits per heavy atom. The molecule has 0 saturated carbocycles. The molecule has 0 radical (unpaired) electrons. The lowest BCUT2D eigenvalue weighted by Gasteiger charge is -2.28. The molecule has 2 heterocycles. The lowest BCUT2D eigenvalue weighted by molar-refractivity contribution is -0.206. The topological polar surface area (TPSA) is 96.0 Å². The minimum Gasteiger partial charge on any atom is -0.476 e. The predicted molar refractivity (Wildman–Crippen MR) is 79.4 cm³/mol. The molecule has 1 aliphatic rings. The molecule has 122 valence electrons. The van der Waals surface area contributed by atoms with E-state index in [1.165, 1.54) is 0 Å². The summed E-state index contributed by atoms with van der Waals surface area (Å²) in [6.45, 7) is 0.869. The highest BCUT2D eigenvalue weighted by molar-refractivity contribution is 5.86. The van der Waals surface area contributed by atoms with E-state index in [1.54, 1.807) is 4.90 Å². The molecule has 3 rings (SSSR count). The summed E-state index contributed by atoms with van der Waals surface area (Å²) in [5, 5.41) is 19.5. The molecule has 7 heteroatoms. The third kappa shape index (κ3) is 3.42. The summed E-state index contributed by atoms with van der Waals surface area (Å²) >= 11 is 0. The zero-order chi connectivity index (χ0) is 16.2. The first-order valence-electron chi connectivity index (χ1n) is 7.43. The van der Waals surface area contributed by atoms with Gasteiger partial charge in [-0.05, 0) is 18.4 Å². The van der Waals surface area contributed by atoms with Crippen molar-refractivity contribution in [1.82, 2.24) is 9.88 Å². The van der Waals surface area contributed by atoms with E-state index in [-0.39, 0.29) is 24.1 Å². The first kappa shape index (κ1) is 15.7. The Bertz CT molecular complexity index is 658. The van der Waals surface area contributed by atoms with Crippen LogP contribution in [0.25, 0.3) is 0 Å². The average Bonchev–Trinajstić information content (AvgIpc) is 3.21. The number of likely N-dealkylation sites (tertiary alicyclic amines) is 1. The van der Waals surface area contributed by atoms with E-state index in [1.807, 2.05) is 30.3 Å². The Balaban J connectivity index is 1.68. The number of carbonyl (C=O) groups is 1. The molecule has 1 fully saturated rings. The van der Waals surface area contributed by atoms with Crippen LogP contribution in [0.5, 0.6) is 0 Å². The van der Waals surface area contributed by atoms with Crippen LogP contribution in [0.15, 0.2) is 41.1 Å². The maximum atomic E-state index is 11.2. The van der Waals surface area contributed by atoms with Crippen LogP contribution >= 0.6 is 0 Å². The number of oxazole rings is 1. The molecule has 1 aliphatic heterocycles. The van der Waals surface area contributed by atoms with Crippen molar-refractivity contribution in [2.45, 2.75) is 31.9 Å². The number of hydrogen-bond acceptors (Lipinski definition) is 6. The van der Waals surface area contributed by atoms with Gasteiger partial charge < -0.3 is 19.4 Å². The molecular formula is C16H18N2O5. The normalized spacial score (nSPS) is 19.8. The molecule has 1 saturated heterocycles. The molecule has 0 bridgehead atoms. The van der Waals surface area contributed by atoms with Crippen molar-refractivity contribution in [1.29, 1.82) is 0 Å². The molecule has 1 aromatic heterocycles. The van der Waals surface area contributed by atoms with Crippen LogP contribution in [0.1, 0.15) is 40.7 Å². The molecule has 1 aromatic carbocycles. The van der Waals surface area contributed by atoms with E-state index in [0.29, 0.717) is 13.0 Å². The Kier molecular flexibility index (Phi) is 4.71. The lowest BCUT2D eigenvalue weighted by Crippen LogP contribution is -2.37. The first-order chi connectivity index (χ1) is 11.2. The fourth-order valence-electron chi connectivity index (χ4n) is 2.83. The fraction of sp³-hybridized carbons (Fsp3) is 0.375. The highest BCUT2D eigenvalue weighted by Gasteiger charge is 2.36. The van der Waals surface area contributed by atoms with Gasteiger partial charge in [-0.2, -0.15) is 0 Å². The van der Waals surface area contributed by atoms with Crippen molar-refractivity contribution in [3.8, 4) is 0 Å². The van der Waals surface area contributed by atoms with Crippen LogP contribution in [0.3, 0.4) is 0 Å². The summed E-state index contributed by atoms with van der Waals surface area (Å²) in [7, 11) is 0. The van der Waals surface area contributed by atoms with Gasteiger partial charge in [-0.3, -0.25) is 0 Å². The third-order valence-electron chi connectivity index (χ3n) is 3.92. The zero-order valence-corrected chi connectivity index (χ0v) is 12.5. The van der Waals surface area contributed by atoms with Gasteiger partial charge in [0.1, 0.15) is 0 Å². The Morgan fingerprint density at radius 3 is 2.96 bits per heavy atom. The van der Waals surface area contributed by atoms with E-state index in [0.717, 1.165) is 18.4 Å². The summed E-state index contributed by atoms with van der Waals surface area (Å²) in [4.78, 5) is 16.6. The number of rotatable bonds is 6. The molecule has 2 atom stereocenters. The SMILES string of the molecule is O=C(O)c1ncoc1[C@@H]1CCCN1C(O)OCc1ccccc1. The lowest BCUT2D eigenvalue weighted by atomic mass is 10.1. The second-order valence-electron chi connectivity index (χ2n) is 5.39. The van der Waals surface area contributed by atoms with Crippen LogP contribution in [0.4, 0.5) is 0 Å². The molecule has 2 aromatic rings. The van der Waals surface area contributed by atoms with Crippen molar-refractivity contribution in [2.75, 3.05) is 6.54 Å². The molecule has 7 nitrogen and oxygen atoms in total. The van der Waals surface area contributed by atoms with E-state index >= 15 is 0 Å². The Labute approximate surface area is 133 Å². The molecule has 23 heavy (non-hydrogen) atoms. The van der Waals surface area contributed by atoms with Crippen molar-refractivity contribution in [3.63, 3.8) is 0 Å². The number of carboxylic acids is 1. The number of hydrogen-bond donors (Lipinski definition) is 2. The van der Waals surface area contributed by atoms with Crippen LogP contribution < -0.4 is 0 Å².